The van der Waals surface area contributed by atoms with Gasteiger partial charge in [-0.3, -0.25) is 0 Å². The molecule has 0 aliphatic heterocycles. The van der Waals surface area contributed by atoms with E-state index >= 15 is 0 Å². The van der Waals surface area contributed by atoms with Gasteiger partial charge in [0.2, 0.25) is 0 Å². The second-order valence-corrected chi connectivity index (χ2v) is 5.57. The SMILES string of the molecule is CCCN(CCC)CCC(O)c1cc(C)cc(C)c1. The quantitative estimate of drug-likeness (QED) is 0.770. The Morgan fingerprint density at radius 2 is 1.47 bits per heavy atom. The molecule has 19 heavy (non-hydrogen) atoms. The first-order valence-electron chi connectivity index (χ1n) is 7.55. The number of hydrogen-bond acceptors (Lipinski definition) is 2. The Morgan fingerprint density at radius 3 is 1.95 bits per heavy atom. The number of aryl methyl sites for hydroxylation is 2. The highest BCUT2D eigenvalue weighted by atomic mass is 16.3. The summed E-state index contributed by atoms with van der Waals surface area (Å²) in [6, 6.07) is 6.35. The van der Waals surface area contributed by atoms with E-state index in [1.165, 1.54) is 24.0 Å². The van der Waals surface area contributed by atoms with Gasteiger partial charge in [0.15, 0.2) is 0 Å². The fraction of sp³-hybridized carbons (Fsp3) is 0.647. The third-order valence-electron chi connectivity index (χ3n) is 3.43. The Bertz CT molecular complexity index is 349. The van der Waals surface area contributed by atoms with Crippen LogP contribution in [0.4, 0.5) is 0 Å². The molecule has 0 spiro atoms. The summed E-state index contributed by atoms with van der Waals surface area (Å²) in [4.78, 5) is 2.45. The van der Waals surface area contributed by atoms with E-state index in [0.29, 0.717) is 0 Å². The van der Waals surface area contributed by atoms with E-state index in [2.05, 4.69) is 50.8 Å². The van der Waals surface area contributed by atoms with Gasteiger partial charge in [-0.15, -0.1) is 0 Å². The Hall–Kier alpha value is -0.860. The van der Waals surface area contributed by atoms with E-state index in [0.717, 1.165) is 31.6 Å². The van der Waals surface area contributed by atoms with Gasteiger partial charge in [-0.2, -0.15) is 0 Å². The van der Waals surface area contributed by atoms with Crippen LogP contribution in [0.2, 0.25) is 0 Å². The predicted octanol–water partition coefficient (Wildman–Crippen LogP) is 3.85. The van der Waals surface area contributed by atoms with E-state index < -0.39 is 0 Å². The molecule has 1 atom stereocenters. The highest BCUT2D eigenvalue weighted by Crippen LogP contribution is 2.20. The lowest BCUT2D eigenvalue weighted by Gasteiger charge is -2.22. The minimum atomic E-state index is -0.338. The highest BCUT2D eigenvalue weighted by Gasteiger charge is 2.11. The average molecular weight is 263 g/mol. The summed E-state index contributed by atoms with van der Waals surface area (Å²) >= 11 is 0. The third-order valence-corrected chi connectivity index (χ3v) is 3.43. The smallest absolute Gasteiger partial charge is 0.0802 e. The number of hydrogen-bond donors (Lipinski definition) is 1. The fourth-order valence-electron chi connectivity index (χ4n) is 2.64. The van der Waals surface area contributed by atoms with Crippen molar-refractivity contribution >= 4 is 0 Å². The molecule has 0 bridgehead atoms. The lowest BCUT2D eigenvalue weighted by Crippen LogP contribution is -2.27. The fourth-order valence-corrected chi connectivity index (χ4v) is 2.64. The molecule has 0 saturated carbocycles. The summed E-state index contributed by atoms with van der Waals surface area (Å²) in [5.41, 5.74) is 3.52. The van der Waals surface area contributed by atoms with E-state index in [4.69, 9.17) is 0 Å². The standard InChI is InChI=1S/C17H29NO/c1-5-8-18(9-6-2)10-7-17(19)16-12-14(3)11-15(4)13-16/h11-13,17,19H,5-10H2,1-4H3. The first-order chi connectivity index (χ1) is 9.06. The van der Waals surface area contributed by atoms with Crippen molar-refractivity contribution in [3.63, 3.8) is 0 Å². The van der Waals surface area contributed by atoms with Gasteiger partial charge >= 0.3 is 0 Å². The van der Waals surface area contributed by atoms with Crippen LogP contribution in [0, 0.1) is 13.8 Å². The van der Waals surface area contributed by atoms with Gasteiger partial charge in [-0.25, -0.2) is 0 Å². The molecule has 0 aliphatic rings. The van der Waals surface area contributed by atoms with E-state index in [-0.39, 0.29) is 6.10 Å². The van der Waals surface area contributed by atoms with Crippen molar-refractivity contribution in [3.8, 4) is 0 Å². The number of nitrogens with zero attached hydrogens (tertiary/aromatic N) is 1. The van der Waals surface area contributed by atoms with Crippen molar-refractivity contribution in [1.29, 1.82) is 0 Å². The largest absolute Gasteiger partial charge is 0.388 e. The number of rotatable bonds is 8. The van der Waals surface area contributed by atoms with E-state index in [9.17, 15) is 5.11 Å². The molecule has 108 valence electrons. The monoisotopic (exact) mass is 263 g/mol. The van der Waals surface area contributed by atoms with Gasteiger partial charge in [0, 0.05) is 6.54 Å². The second kappa shape index (κ2) is 8.34. The highest BCUT2D eigenvalue weighted by molar-refractivity contribution is 5.29. The molecule has 2 nitrogen and oxygen atoms in total. The number of benzene rings is 1. The molecule has 1 aromatic rings. The van der Waals surface area contributed by atoms with Crippen LogP contribution in [0.5, 0.6) is 0 Å². The van der Waals surface area contributed by atoms with Crippen LogP contribution in [0.3, 0.4) is 0 Å². The Kier molecular flexibility index (Phi) is 7.11. The van der Waals surface area contributed by atoms with Gasteiger partial charge in [0.1, 0.15) is 0 Å². The Labute approximate surface area is 118 Å². The maximum absolute atomic E-state index is 10.3. The molecule has 0 aromatic heterocycles. The Morgan fingerprint density at radius 1 is 0.947 bits per heavy atom. The van der Waals surface area contributed by atoms with Crippen LogP contribution in [-0.4, -0.2) is 29.6 Å². The van der Waals surface area contributed by atoms with Gasteiger partial charge < -0.3 is 10.0 Å². The Balaban J connectivity index is 2.55. The summed E-state index contributed by atoms with van der Waals surface area (Å²) in [7, 11) is 0. The van der Waals surface area contributed by atoms with E-state index in [1.54, 1.807) is 0 Å². The third kappa shape index (κ3) is 5.75. The molecule has 1 unspecified atom stereocenters. The number of aliphatic hydroxyl groups excluding tert-OH is 1. The summed E-state index contributed by atoms with van der Waals surface area (Å²) in [5.74, 6) is 0. The van der Waals surface area contributed by atoms with Crippen molar-refractivity contribution < 1.29 is 5.11 Å². The lowest BCUT2D eigenvalue weighted by molar-refractivity contribution is 0.141. The van der Waals surface area contributed by atoms with E-state index in [1.807, 2.05) is 0 Å². The topological polar surface area (TPSA) is 23.5 Å². The van der Waals surface area contributed by atoms with Crippen molar-refractivity contribution in [2.75, 3.05) is 19.6 Å². The summed E-state index contributed by atoms with van der Waals surface area (Å²) in [6.07, 6.45) is 2.84. The van der Waals surface area contributed by atoms with Gasteiger partial charge in [0.05, 0.1) is 6.10 Å². The molecule has 0 fully saturated rings. The zero-order valence-electron chi connectivity index (χ0n) is 12.9. The molecular weight excluding hydrogens is 234 g/mol. The molecule has 0 saturated heterocycles. The lowest BCUT2D eigenvalue weighted by atomic mass is 10.0. The molecule has 0 radical (unpaired) electrons. The molecule has 1 rings (SSSR count). The van der Waals surface area contributed by atoms with Crippen molar-refractivity contribution in [1.82, 2.24) is 4.90 Å². The molecule has 0 heterocycles. The molecular formula is C17H29NO. The molecule has 1 aromatic carbocycles. The van der Waals surface area contributed by atoms with Gasteiger partial charge in [-0.05, 0) is 51.8 Å². The molecule has 0 aliphatic carbocycles. The normalized spacial score (nSPS) is 12.9. The van der Waals surface area contributed by atoms with Gasteiger partial charge in [-0.1, -0.05) is 43.2 Å². The zero-order chi connectivity index (χ0) is 14.3. The predicted molar refractivity (Wildman–Crippen MR) is 82.5 cm³/mol. The summed E-state index contributed by atoms with van der Waals surface area (Å²) in [5, 5.41) is 10.3. The zero-order valence-corrected chi connectivity index (χ0v) is 12.9. The molecule has 1 N–H and O–H groups in total. The van der Waals surface area contributed by atoms with Crippen LogP contribution in [0.1, 0.15) is 55.9 Å². The van der Waals surface area contributed by atoms with Crippen molar-refractivity contribution in [3.05, 3.63) is 34.9 Å². The minimum Gasteiger partial charge on any atom is -0.388 e. The van der Waals surface area contributed by atoms with Crippen molar-refractivity contribution in [2.24, 2.45) is 0 Å². The molecule has 2 heteroatoms. The van der Waals surface area contributed by atoms with Crippen LogP contribution >= 0.6 is 0 Å². The second-order valence-electron chi connectivity index (χ2n) is 5.57. The molecule has 0 amide bonds. The van der Waals surface area contributed by atoms with Crippen LogP contribution in [0.25, 0.3) is 0 Å². The maximum atomic E-state index is 10.3. The first-order valence-corrected chi connectivity index (χ1v) is 7.55. The van der Waals surface area contributed by atoms with Gasteiger partial charge in [0.25, 0.3) is 0 Å². The summed E-state index contributed by atoms with van der Waals surface area (Å²) < 4.78 is 0. The minimum absolute atomic E-state index is 0.338. The number of aliphatic hydroxyl groups is 1. The van der Waals surface area contributed by atoms with Crippen molar-refractivity contribution in [2.45, 2.75) is 53.1 Å². The maximum Gasteiger partial charge on any atom is 0.0802 e. The van der Waals surface area contributed by atoms with Crippen LogP contribution < -0.4 is 0 Å². The van der Waals surface area contributed by atoms with Crippen LogP contribution in [0.15, 0.2) is 18.2 Å². The van der Waals surface area contributed by atoms with Crippen LogP contribution in [-0.2, 0) is 0 Å². The average Bonchev–Trinajstić information content (AvgIpc) is 2.35. The first kappa shape index (κ1) is 16.2. The summed E-state index contributed by atoms with van der Waals surface area (Å²) in [6.45, 7) is 11.8.